The molecule has 0 amide bonds. The van der Waals surface area contributed by atoms with Gasteiger partial charge in [0.25, 0.3) is 0 Å². The minimum atomic E-state index is -4.29. The lowest BCUT2D eigenvalue weighted by atomic mass is 10.1. The van der Waals surface area contributed by atoms with E-state index >= 15 is 0 Å². The predicted molar refractivity (Wildman–Crippen MR) is 63.1 cm³/mol. The molecule has 1 radical (unpaired) electrons. The van der Waals surface area contributed by atoms with Crippen LogP contribution in [0.25, 0.3) is 0 Å². The van der Waals surface area contributed by atoms with Gasteiger partial charge in [0.2, 0.25) is 0 Å². The highest BCUT2D eigenvalue weighted by atomic mass is 19.4. The number of nitrogens with zero attached hydrogens (tertiary/aromatic N) is 2. The summed E-state index contributed by atoms with van der Waals surface area (Å²) < 4.78 is 38.5. The van der Waals surface area contributed by atoms with Crippen molar-refractivity contribution in [1.82, 2.24) is 9.80 Å². The van der Waals surface area contributed by atoms with Gasteiger partial charge >= 0.3 is 6.18 Å². The van der Waals surface area contributed by atoms with E-state index in [1.807, 2.05) is 11.9 Å². The molecule has 0 saturated carbocycles. The normalized spacial score (nSPS) is 19.1. The van der Waals surface area contributed by atoms with E-state index in [0.717, 1.165) is 32.2 Å². The topological polar surface area (TPSA) is 6.48 Å². The minimum absolute atomic E-state index is 0.245. The van der Waals surface area contributed by atoms with Gasteiger partial charge in [-0.3, -0.25) is 4.90 Å². The average Bonchev–Trinajstić information content (AvgIpc) is 2.31. The van der Waals surface area contributed by atoms with Crippen LogP contribution in [0, 0.1) is 6.07 Å². The van der Waals surface area contributed by atoms with Crippen LogP contribution < -0.4 is 0 Å². The molecular weight excluding hydrogens is 241 g/mol. The molecule has 1 aliphatic heterocycles. The standard InChI is InChI=1S/C13H16F3N2/c1-17-6-8-18(9-7-17)10-11-4-2-3-5-12(11)13(14,15)16/h2-3,5H,6-10H2,1H3. The van der Waals surface area contributed by atoms with E-state index in [1.165, 1.54) is 6.07 Å². The number of hydrogen-bond donors (Lipinski definition) is 0. The quantitative estimate of drug-likeness (QED) is 0.802. The molecule has 1 aliphatic rings. The highest BCUT2D eigenvalue weighted by Crippen LogP contribution is 2.32. The molecule has 18 heavy (non-hydrogen) atoms. The molecule has 1 fully saturated rings. The van der Waals surface area contributed by atoms with Crippen molar-refractivity contribution in [2.45, 2.75) is 12.7 Å². The molecule has 1 heterocycles. The fraction of sp³-hybridized carbons (Fsp3) is 0.538. The van der Waals surface area contributed by atoms with Crippen molar-refractivity contribution in [1.29, 1.82) is 0 Å². The molecule has 0 spiro atoms. The molecule has 1 aromatic carbocycles. The first-order valence-corrected chi connectivity index (χ1v) is 5.94. The highest BCUT2D eigenvalue weighted by molar-refractivity contribution is 5.28. The van der Waals surface area contributed by atoms with Gasteiger partial charge in [-0.05, 0) is 24.7 Å². The van der Waals surface area contributed by atoms with Crippen molar-refractivity contribution in [2.75, 3.05) is 33.2 Å². The van der Waals surface area contributed by atoms with E-state index in [4.69, 9.17) is 0 Å². The number of benzene rings is 1. The summed E-state index contributed by atoms with van der Waals surface area (Å²) in [5.74, 6) is 0. The Bertz CT molecular complexity index is 395. The van der Waals surface area contributed by atoms with E-state index in [9.17, 15) is 13.2 Å². The van der Waals surface area contributed by atoms with Gasteiger partial charge in [0, 0.05) is 32.7 Å². The van der Waals surface area contributed by atoms with E-state index in [2.05, 4.69) is 11.0 Å². The molecule has 2 rings (SSSR count). The maximum Gasteiger partial charge on any atom is 0.416 e. The minimum Gasteiger partial charge on any atom is -0.304 e. The zero-order valence-electron chi connectivity index (χ0n) is 10.3. The van der Waals surface area contributed by atoms with Gasteiger partial charge in [0.15, 0.2) is 0 Å². The van der Waals surface area contributed by atoms with E-state index in [-0.39, 0.29) is 5.56 Å². The SMILES string of the molecule is CN1CCN(Cc2[c]cccc2C(F)(F)F)CC1. The van der Waals surface area contributed by atoms with Gasteiger partial charge in [-0.2, -0.15) is 13.2 Å². The Morgan fingerprint density at radius 2 is 1.89 bits per heavy atom. The Hall–Kier alpha value is -1.07. The van der Waals surface area contributed by atoms with Crippen LogP contribution in [-0.4, -0.2) is 43.0 Å². The van der Waals surface area contributed by atoms with Crippen molar-refractivity contribution in [2.24, 2.45) is 0 Å². The molecule has 0 unspecified atom stereocenters. The molecule has 0 aromatic heterocycles. The Kier molecular flexibility index (Phi) is 3.92. The largest absolute Gasteiger partial charge is 0.416 e. The summed E-state index contributed by atoms with van der Waals surface area (Å²) in [4.78, 5) is 4.22. The van der Waals surface area contributed by atoms with E-state index < -0.39 is 11.7 Å². The summed E-state index contributed by atoms with van der Waals surface area (Å²) in [6.07, 6.45) is -4.29. The van der Waals surface area contributed by atoms with Crippen LogP contribution in [-0.2, 0) is 12.7 Å². The third kappa shape index (κ3) is 3.23. The molecule has 2 nitrogen and oxygen atoms in total. The van der Waals surface area contributed by atoms with Gasteiger partial charge in [0.1, 0.15) is 0 Å². The second-order valence-corrected chi connectivity index (χ2v) is 4.64. The Balaban J connectivity index is 2.10. The number of alkyl halides is 3. The summed E-state index contributed by atoms with van der Waals surface area (Å²) in [7, 11) is 2.02. The predicted octanol–water partition coefficient (Wildman–Crippen LogP) is 2.25. The monoisotopic (exact) mass is 257 g/mol. The van der Waals surface area contributed by atoms with E-state index in [1.54, 1.807) is 6.07 Å². The zero-order chi connectivity index (χ0) is 13.2. The number of halogens is 3. The molecule has 5 heteroatoms. The second kappa shape index (κ2) is 5.28. The third-order valence-electron chi connectivity index (χ3n) is 3.22. The molecule has 0 N–H and O–H groups in total. The van der Waals surface area contributed by atoms with Crippen LogP contribution >= 0.6 is 0 Å². The van der Waals surface area contributed by atoms with Gasteiger partial charge < -0.3 is 4.90 Å². The highest BCUT2D eigenvalue weighted by Gasteiger charge is 2.33. The van der Waals surface area contributed by atoms with Gasteiger partial charge in [-0.1, -0.05) is 12.1 Å². The lowest BCUT2D eigenvalue weighted by Crippen LogP contribution is -2.44. The van der Waals surface area contributed by atoms with Crippen molar-refractivity contribution >= 4 is 0 Å². The molecule has 0 aliphatic carbocycles. The molecule has 0 atom stereocenters. The molecule has 0 bridgehead atoms. The Morgan fingerprint density at radius 1 is 1.22 bits per heavy atom. The van der Waals surface area contributed by atoms with Crippen molar-refractivity contribution in [3.05, 3.63) is 35.4 Å². The van der Waals surface area contributed by atoms with Gasteiger partial charge in [-0.15, -0.1) is 0 Å². The maximum atomic E-state index is 12.8. The number of likely N-dealkylation sites (N-methyl/N-ethyl adjacent to an activating group) is 1. The first kappa shape index (κ1) is 13.4. The lowest BCUT2D eigenvalue weighted by Gasteiger charge is -2.32. The van der Waals surface area contributed by atoms with Crippen LogP contribution in [0.3, 0.4) is 0 Å². The second-order valence-electron chi connectivity index (χ2n) is 4.64. The van der Waals surface area contributed by atoms with E-state index in [0.29, 0.717) is 6.54 Å². The third-order valence-corrected chi connectivity index (χ3v) is 3.22. The molecule has 99 valence electrons. The molecule has 1 saturated heterocycles. The summed E-state index contributed by atoms with van der Waals surface area (Å²) in [6.45, 7) is 3.72. The number of piperazine rings is 1. The number of hydrogen-bond acceptors (Lipinski definition) is 2. The van der Waals surface area contributed by atoms with Gasteiger partial charge in [-0.25, -0.2) is 0 Å². The van der Waals surface area contributed by atoms with Crippen LogP contribution in [0.2, 0.25) is 0 Å². The summed E-state index contributed by atoms with van der Waals surface area (Å²) in [6, 6.07) is 6.78. The van der Waals surface area contributed by atoms with Crippen LogP contribution in [0.15, 0.2) is 18.2 Å². The Morgan fingerprint density at radius 3 is 2.50 bits per heavy atom. The van der Waals surface area contributed by atoms with Crippen molar-refractivity contribution < 1.29 is 13.2 Å². The van der Waals surface area contributed by atoms with Crippen molar-refractivity contribution in [3.8, 4) is 0 Å². The summed E-state index contributed by atoms with van der Waals surface area (Å²) in [5, 5.41) is 0. The first-order chi connectivity index (χ1) is 8.47. The van der Waals surface area contributed by atoms with Gasteiger partial charge in [0.05, 0.1) is 5.56 Å². The van der Waals surface area contributed by atoms with Crippen LogP contribution in [0.5, 0.6) is 0 Å². The fourth-order valence-corrected chi connectivity index (χ4v) is 2.10. The zero-order valence-corrected chi connectivity index (χ0v) is 10.3. The van der Waals surface area contributed by atoms with Crippen molar-refractivity contribution in [3.63, 3.8) is 0 Å². The average molecular weight is 257 g/mol. The smallest absolute Gasteiger partial charge is 0.304 e. The van der Waals surface area contributed by atoms with Crippen LogP contribution in [0.4, 0.5) is 13.2 Å². The van der Waals surface area contributed by atoms with Crippen LogP contribution in [0.1, 0.15) is 11.1 Å². The molecular formula is C13H16F3N2. The Labute approximate surface area is 105 Å². The molecule has 1 aromatic rings. The number of rotatable bonds is 2. The fourth-order valence-electron chi connectivity index (χ4n) is 2.10. The summed E-state index contributed by atoms with van der Waals surface area (Å²) in [5.41, 5.74) is -0.321. The summed E-state index contributed by atoms with van der Waals surface area (Å²) >= 11 is 0. The first-order valence-electron chi connectivity index (χ1n) is 5.94. The lowest BCUT2D eigenvalue weighted by molar-refractivity contribution is -0.138. The maximum absolute atomic E-state index is 12.8.